The molecule has 2 fully saturated rings. The molecule has 2 atom stereocenters. The predicted molar refractivity (Wildman–Crippen MR) is 116 cm³/mol. The van der Waals surface area contributed by atoms with Crippen LogP contribution in [0, 0.1) is 5.92 Å². The highest BCUT2D eigenvalue weighted by molar-refractivity contribution is 7.89. The van der Waals surface area contributed by atoms with E-state index in [1.165, 1.54) is 19.2 Å². The number of hydrogen-bond acceptors (Lipinski definition) is 7. The maximum absolute atomic E-state index is 12.9. The van der Waals surface area contributed by atoms with Crippen molar-refractivity contribution in [3.05, 3.63) is 23.8 Å². The van der Waals surface area contributed by atoms with Gasteiger partial charge in [-0.15, -0.1) is 0 Å². The smallest absolute Gasteiger partial charge is 0.251 e. The molecule has 174 valence electrons. The van der Waals surface area contributed by atoms with Crippen LogP contribution in [0.15, 0.2) is 23.1 Å². The molecule has 2 aliphatic heterocycles. The minimum absolute atomic E-state index is 0.0507. The SMILES string of the molecule is COc1ccc(C(=O)NCC(C2CCOC2)N2CCOCC2)cc1S(=O)(=O)NC(C)C. The Balaban J connectivity index is 1.74. The lowest BCUT2D eigenvalue weighted by molar-refractivity contribution is 0.00166. The van der Waals surface area contributed by atoms with Crippen LogP contribution in [0.4, 0.5) is 0 Å². The number of morpholine rings is 1. The number of benzene rings is 1. The summed E-state index contributed by atoms with van der Waals surface area (Å²) < 4.78 is 44.2. The second kappa shape index (κ2) is 10.7. The van der Waals surface area contributed by atoms with Crippen molar-refractivity contribution < 1.29 is 27.4 Å². The fraction of sp³-hybridized carbons (Fsp3) is 0.667. The van der Waals surface area contributed by atoms with Crippen molar-refractivity contribution in [2.45, 2.75) is 37.2 Å². The fourth-order valence-corrected chi connectivity index (χ4v) is 5.51. The lowest BCUT2D eigenvalue weighted by atomic mass is 9.96. The van der Waals surface area contributed by atoms with Gasteiger partial charge < -0.3 is 19.5 Å². The topological polar surface area (TPSA) is 106 Å². The number of nitrogens with one attached hydrogen (secondary N) is 2. The molecule has 1 aromatic carbocycles. The van der Waals surface area contributed by atoms with Gasteiger partial charge in [-0.3, -0.25) is 9.69 Å². The molecule has 0 radical (unpaired) electrons. The third kappa shape index (κ3) is 6.17. The second-order valence-corrected chi connectivity index (χ2v) is 9.87. The summed E-state index contributed by atoms with van der Waals surface area (Å²) in [6, 6.07) is 4.31. The summed E-state index contributed by atoms with van der Waals surface area (Å²) >= 11 is 0. The average Bonchev–Trinajstić information content (AvgIpc) is 3.27. The van der Waals surface area contributed by atoms with Crippen molar-refractivity contribution in [3.8, 4) is 5.75 Å². The largest absolute Gasteiger partial charge is 0.495 e. The molecule has 10 heteroatoms. The van der Waals surface area contributed by atoms with Crippen molar-refractivity contribution in [1.29, 1.82) is 0 Å². The lowest BCUT2D eigenvalue weighted by Gasteiger charge is -2.37. The van der Waals surface area contributed by atoms with Gasteiger partial charge in [0, 0.05) is 49.8 Å². The van der Waals surface area contributed by atoms with E-state index >= 15 is 0 Å². The van der Waals surface area contributed by atoms with Crippen LogP contribution in [0.2, 0.25) is 0 Å². The molecule has 3 rings (SSSR count). The first-order chi connectivity index (χ1) is 14.8. The summed E-state index contributed by atoms with van der Waals surface area (Å²) in [6.07, 6.45) is 0.962. The highest BCUT2D eigenvalue weighted by Crippen LogP contribution is 2.26. The van der Waals surface area contributed by atoms with Gasteiger partial charge in [0.05, 0.1) is 26.9 Å². The Morgan fingerprint density at radius 3 is 2.58 bits per heavy atom. The zero-order chi connectivity index (χ0) is 22.4. The summed E-state index contributed by atoms with van der Waals surface area (Å²) in [7, 11) is -2.41. The number of carbonyl (C=O) groups is 1. The van der Waals surface area contributed by atoms with E-state index in [1.54, 1.807) is 19.9 Å². The normalized spacial score (nSPS) is 21.2. The Morgan fingerprint density at radius 2 is 1.97 bits per heavy atom. The van der Waals surface area contributed by atoms with Gasteiger partial charge in [-0.05, 0) is 38.5 Å². The Hall–Kier alpha value is -1.72. The molecule has 1 aromatic rings. The summed E-state index contributed by atoms with van der Waals surface area (Å²) in [4.78, 5) is 15.2. The van der Waals surface area contributed by atoms with Gasteiger partial charge >= 0.3 is 0 Å². The predicted octanol–water partition coefficient (Wildman–Crippen LogP) is 0.849. The first kappa shape index (κ1) is 23.9. The van der Waals surface area contributed by atoms with E-state index in [1.807, 2.05) is 0 Å². The van der Waals surface area contributed by atoms with Crippen molar-refractivity contribution in [3.63, 3.8) is 0 Å². The molecule has 9 nitrogen and oxygen atoms in total. The molecule has 0 bridgehead atoms. The van der Waals surface area contributed by atoms with Gasteiger partial charge in [0.1, 0.15) is 10.6 Å². The minimum Gasteiger partial charge on any atom is -0.495 e. The average molecular weight is 456 g/mol. The number of hydrogen-bond donors (Lipinski definition) is 2. The quantitative estimate of drug-likeness (QED) is 0.569. The van der Waals surface area contributed by atoms with Crippen LogP contribution in [0.3, 0.4) is 0 Å². The third-order valence-electron chi connectivity index (χ3n) is 5.60. The van der Waals surface area contributed by atoms with E-state index in [2.05, 4.69) is 14.9 Å². The van der Waals surface area contributed by atoms with Crippen molar-refractivity contribution in [1.82, 2.24) is 14.9 Å². The molecule has 2 aliphatic rings. The second-order valence-electron chi connectivity index (χ2n) is 8.19. The van der Waals surface area contributed by atoms with Gasteiger partial charge in [0.15, 0.2) is 0 Å². The number of carbonyl (C=O) groups excluding carboxylic acids is 1. The van der Waals surface area contributed by atoms with Crippen LogP contribution in [0.5, 0.6) is 5.75 Å². The Bertz CT molecular complexity index is 849. The van der Waals surface area contributed by atoms with E-state index < -0.39 is 10.0 Å². The number of methoxy groups -OCH3 is 1. The van der Waals surface area contributed by atoms with Gasteiger partial charge in [0.2, 0.25) is 10.0 Å². The van der Waals surface area contributed by atoms with E-state index in [9.17, 15) is 13.2 Å². The number of sulfonamides is 1. The van der Waals surface area contributed by atoms with E-state index in [0.29, 0.717) is 32.3 Å². The van der Waals surface area contributed by atoms with Crippen molar-refractivity contribution in [2.75, 3.05) is 53.2 Å². The van der Waals surface area contributed by atoms with Crippen LogP contribution in [-0.2, 0) is 19.5 Å². The summed E-state index contributed by atoms with van der Waals surface area (Å²) in [5.74, 6) is 0.222. The van der Waals surface area contributed by atoms with Gasteiger partial charge in [-0.2, -0.15) is 0 Å². The fourth-order valence-electron chi connectivity index (χ4n) is 4.06. The monoisotopic (exact) mass is 455 g/mol. The molecule has 2 unspecified atom stereocenters. The highest BCUT2D eigenvalue weighted by Gasteiger charge is 2.32. The standard InChI is InChI=1S/C21H33N3O6S/c1-15(2)23-31(26,27)20-12-16(4-5-19(20)28-3)21(25)22-13-18(17-6-9-30-14-17)24-7-10-29-11-8-24/h4-5,12,15,17-18,23H,6-11,13-14H2,1-3H3,(H,22,25). The van der Waals surface area contributed by atoms with E-state index in [0.717, 1.165) is 26.1 Å². The number of rotatable bonds is 9. The summed E-state index contributed by atoms with van der Waals surface area (Å²) in [5, 5.41) is 3.00. The molecule has 0 saturated carbocycles. The minimum atomic E-state index is -3.81. The summed E-state index contributed by atoms with van der Waals surface area (Å²) in [5.41, 5.74) is 0.272. The zero-order valence-electron chi connectivity index (χ0n) is 18.4. The lowest BCUT2D eigenvalue weighted by Crippen LogP contribution is -2.52. The highest BCUT2D eigenvalue weighted by atomic mass is 32.2. The molecular formula is C21H33N3O6S. The van der Waals surface area contributed by atoms with Gasteiger partial charge in [0.25, 0.3) is 5.91 Å². The Labute approximate surface area is 184 Å². The molecule has 2 N–H and O–H groups in total. The molecular weight excluding hydrogens is 422 g/mol. The molecule has 0 spiro atoms. The first-order valence-electron chi connectivity index (χ1n) is 10.7. The van der Waals surface area contributed by atoms with Crippen LogP contribution in [0.25, 0.3) is 0 Å². The first-order valence-corrected chi connectivity index (χ1v) is 12.2. The third-order valence-corrected chi connectivity index (χ3v) is 7.28. The van der Waals surface area contributed by atoms with Crippen LogP contribution >= 0.6 is 0 Å². The van der Waals surface area contributed by atoms with Gasteiger partial charge in [-0.1, -0.05) is 0 Å². The van der Waals surface area contributed by atoms with E-state index in [4.69, 9.17) is 14.2 Å². The Morgan fingerprint density at radius 1 is 1.23 bits per heavy atom. The maximum Gasteiger partial charge on any atom is 0.251 e. The molecule has 0 aromatic heterocycles. The van der Waals surface area contributed by atoms with Crippen LogP contribution in [-0.4, -0.2) is 84.5 Å². The Kier molecular flexibility index (Phi) is 8.29. The van der Waals surface area contributed by atoms with Crippen molar-refractivity contribution in [2.24, 2.45) is 5.92 Å². The number of ether oxygens (including phenoxy) is 3. The molecule has 2 saturated heterocycles. The van der Waals surface area contributed by atoms with Crippen LogP contribution < -0.4 is 14.8 Å². The summed E-state index contributed by atoms with van der Waals surface area (Å²) in [6.45, 7) is 8.36. The molecule has 0 aliphatic carbocycles. The van der Waals surface area contributed by atoms with Gasteiger partial charge in [-0.25, -0.2) is 13.1 Å². The molecule has 31 heavy (non-hydrogen) atoms. The zero-order valence-corrected chi connectivity index (χ0v) is 19.2. The maximum atomic E-state index is 12.9. The molecule has 1 amide bonds. The van der Waals surface area contributed by atoms with Crippen molar-refractivity contribution >= 4 is 15.9 Å². The van der Waals surface area contributed by atoms with E-state index in [-0.39, 0.29) is 34.2 Å². The number of nitrogens with zero attached hydrogens (tertiary/aromatic N) is 1. The number of amides is 1. The molecule has 2 heterocycles. The van der Waals surface area contributed by atoms with Crippen LogP contribution in [0.1, 0.15) is 30.6 Å².